The molecule has 1 heterocycles. The van der Waals surface area contributed by atoms with E-state index >= 15 is 0 Å². The van der Waals surface area contributed by atoms with E-state index in [2.05, 4.69) is 217 Å². The van der Waals surface area contributed by atoms with E-state index in [1.54, 1.807) is 6.20 Å². The highest BCUT2D eigenvalue weighted by Gasteiger charge is 2.17. The van der Waals surface area contributed by atoms with Crippen LogP contribution >= 0.6 is 0 Å². The summed E-state index contributed by atoms with van der Waals surface area (Å²) in [5, 5.41) is 11.6. The van der Waals surface area contributed by atoms with Crippen LogP contribution in [-0.4, -0.2) is 54.8 Å². The van der Waals surface area contributed by atoms with E-state index in [-0.39, 0.29) is 76.4 Å². The van der Waals surface area contributed by atoms with Gasteiger partial charge in [0.05, 0.1) is 5.56 Å². The molecule has 4 amide bonds. The standard InChI is InChI=1S/C18H27NO.C17H26N2O.C16H31NO.C14H27NO.2CH4/c1-17(2,3)12-7-13-19-16(20)14-8-10-15(11-9-14)18(4,5)6;1-16(2,3)10-7-11-18-15(20)13-8-9-14(19-12-13)17(4,5)6;1-15(2,3)11-8-7-10-14(18)17-13-9-12-16(4,5)6;1-13(2,3)9-7-11-15-12(16)8-10-14(4,5)6;;/h7-12H,13H2,1-6H3,(H,19,20);7-10,12H,11H2,1-6H3,(H,18,20);9,12H,7-8,10-11,13H2,1-6H3,(H,17,18);7,9H,8,10-11H2,1-6H3,(H,15,16);2*1H4. The number of nitrogens with one attached hydrogen (secondary N) is 4. The zero-order valence-corrected chi connectivity index (χ0v) is 51.8. The predicted octanol–water partition coefficient (Wildman–Crippen LogP) is 17.1. The Bertz CT molecular complexity index is 1940. The lowest BCUT2D eigenvalue weighted by atomic mass is 9.87. The van der Waals surface area contributed by atoms with Crippen molar-refractivity contribution in [2.45, 2.75) is 230 Å². The number of carbonyl (C=O) groups is 4. The third kappa shape index (κ3) is 48.8. The number of aromatic nitrogens is 1. The minimum atomic E-state index is -0.0866. The zero-order valence-electron chi connectivity index (χ0n) is 51.8. The molecule has 436 valence electrons. The highest BCUT2D eigenvalue weighted by atomic mass is 16.2. The molecule has 9 nitrogen and oxygen atoms in total. The number of benzene rings is 1. The molecule has 2 aromatic rings. The molecule has 1 aromatic carbocycles. The zero-order chi connectivity index (χ0) is 57.8. The number of carbonyl (C=O) groups excluding carboxylic acids is 4. The van der Waals surface area contributed by atoms with Crippen LogP contribution in [0.4, 0.5) is 0 Å². The maximum Gasteiger partial charge on any atom is 0.253 e. The molecule has 0 aliphatic carbocycles. The molecule has 2 rings (SSSR count). The fourth-order valence-electron chi connectivity index (χ4n) is 6.20. The third-order valence-corrected chi connectivity index (χ3v) is 10.6. The Labute approximate surface area is 469 Å². The van der Waals surface area contributed by atoms with Crippen molar-refractivity contribution in [3.8, 4) is 0 Å². The molecule has 0 aliphatic heterocycles. The van der Waals surface area contributed by atoms with E-state index in [1.807, 2.05) is 60.7 Å². The van der Waals surface area contributed by atoms with Crippen LogP contribution in [0.1, 0.15) is 252 Å². The van der Waals surface area contributed by atoms with Crippen molar-refractivity contribution in [2.24, 2.45) is 32.5 Å². The van der Waals surface area contributed by atoms with Crippen molar-refractivity contribution in [3.05, 3.63) is 114 Å². The minimum Gasteiger partial charge on any atom is -0.353 e. The molecule has 0 saturated heterocycles. The number of pyridine rings is 1. The molecule has 0 bridgehead atoms. The van der Waals surface area contributed by atoms with Crippen molar-refractivity contribution in [1.82, 2.24) is 26.3 Å². The second-order valence-electron chi connectivity index (χ2n) is 28.4. The number of allylic oxidation sites excluding steroid dienone is 4. The third-order valence-electron chi connectivity index (χ3n) is 10.6. The van der Waals surface area contributed by atoms with Crippen LogP contribution < -0.4 is 21.3 Å². The van der Waals surface area contributed by atoms with Crippen LogP contribution in [0.3, 0.4) is 0 Å². The second-order valence-corrected chi connectivity index (χ2v) is 28.4. The Morgan fingerprint density at radius 1 is 0.408 bits per heavy atom. The van der Waals surface area contributed by atoms with Crippen LogP contribution in [0.15, 0.2) is 91.2 Å². The van der Waals surface area contributed by atoms with E-state index in [1.165, 1.54) is 12.0 Å². The molecule has 0 radical (unpaired) electrons. The number of hydrogen-bond donors (Lipinski definition) is 4. The van der Waals surface area contributed by atoms with E-state index in [0.29, 0.717) is 55.6 Å². The van der Waals surface area contributed by atoms with E-state index in [4.69, 9.17) is 0 Å². The molecular formula is C67H119N5O4. The SMILES string of the molecule is C.C.CC(C)(C)C=CCNC(=O)CCC(C)(C)C.CC(C)(C)C=CCNC(=O)CCCCC(C)(C)C.CC(C)(C)C=CCNC(=O)c1ccc(C(C)(C)C)cc1.CC(C)(C)C=CCNC(=O)c1ccc(C(C)(C)C)nc1. The van der Waals surface area contributed by atoms with Crippen LogP contribution in [-0.2, 0) is 20.4 Å². The van der Waals surface area contributed by atoms with Gasteiger partial charge in [-0.2, -0.15) is 0 Å². The average Bonchev–Trinajstić information content (AvgIpc) is 3.23. The molecule has 9 heteroatoms. The summed E-state index contributed by atoms with van der Waals surface area (Å²) in [6.07, 6.45) is 23.6. The molecule has 0 saturated carbocycles. The van der Waals surface area contributed by atoms with Crippen molar-refractivity contribution >= 4 is 23.6 Å². The predicted molar refractivity (Wildman–Crippen MR) is 333 cm³/mol. The van der Waals surface area contributed by atoms with Gasteiger partial charge in [-0.15, -0.1) is 0 Å². The average molecular weight is 1060 g/mol. The summed E-state index contributed by atoms with van der Waals surface area (Å²) in [7, 11) is 0. The fourth-order valence-corrected chi connectivity index (χ4v) is 6.20. The maximum absolute atomic E-state index is 12.0. The first kappa shape index (κ1) is 77.7. The molecule has 4 N–H and O–H groups in total. The quantitative estimate of drug-likeness (QED) is 0.0983. The lowest BCUT2D eigenvalue weighted by Crippen LogP contribution is -2.24. The lowest BCUT2D eigenvalue weighted by molar-refractivity contribution is -0.122. The number of hydrogen-bond acceptors (Lipinski definition) is 5. The van der Waals surface area contributed by atoms with Gasteiger partial charge in [0, 0.05) is 61.9 Å². The summed E-state index contributed by atoms with van der Waals surface area (Å²) >= 11 is 0. The van der Waals surface area contributed by atoms with Crippen molar-refractivity contribution in [3.63, 3.8) is 0 Å². The summed E-state index contributed by atoms with van der Waals surface area (Å²) in [6.45, 7) is 54.0. The molecular weight excluding hydrogens is 939 g/mol. The Morgan fingerprint density at radius 3 is 1.07 bits per heavy atom. The fraction of sp³-hybridized carbons (Fsp3) is 0.657. The van der Waals surface area contributed by atoms with Gasteiger partial charge in [0.2, 0.25) is 11.8 Å². The van der Waals surface area contributed by atoms with Gasteiger partial charge in [0.25, 0.3) is 11.8 Å². The van der Waals surface area contributed by atoms with E-state index in [9.17, 15) is 19.2 Å². The van der Waals surface area contributed by atoms with Crippen LogP contribution in [0.25, 0.3) is 0 Å². The van der Waals surface area contributed by atoms with Crippen molar-refractivity contribution in [1.29, 1.82) is 0 Å². The first-order valence-corrected chi connectivity index (χ1v) is 27.3. The number of unbranched alkanes of at least 4 members (excludes halogenated alkanes) is 1. The number of nitrogens with zero attached hydrogens (tertiary/aromatic N) is 1. The molecule has 76 heavy (non-hydrogen) atoms. The van der Waals surface area contributed by atoms with Crippen molar-refractivity contribution < 1.29 is 19.2 Å². The van der Waals surface area contributed by atoms with Crippen LogP contribution in [0.5, 0.6) is 0 Å². The molecule has 0 atom stereocenters. The van der Waals surface area contributed by atoms with Crippen LogP contribution in [0, 0.1) is 32.5 Å². The van der Waals surface area contributed by atoms with Gasteiger partial charge in [-0.25, -0.2) is 0 Å². The summed E-state index contributed by atoms with van der Waals surface area (Å²) < 4.78 is 0. The topological polar surface area (TPSA) is 129 Å². The first-order valence-electron chi connectivity index (χ1n) is 27.3. The summed E-state index contributed by atoms with van der Waals surface area (Å²) in [6, 6.07) is 11.6. The summed E-state index contributed by atoms with van der Waals surface area (Å²) in [5.74, 6) is 0.205. The Balaban J connectivity index is -0.000000453. The molecule has 0 fully saturated rings. The monoisotopic (exact) mass is 1060 g/mol. The highest BCUT2D eigenvalue weighted by Crippen LogP contribution is 2.24. The van der Waals surface area contributed by atoms with E-state index in [0.717, 1.165) is 25.0 Å². The minimum absolute atomic E-state index is 0. The molecule has 1 aromatic heterocycles. The van der Waals surface area contributed by atoms with Gasteiger partial charge in [0.15, 0.2) is 0 Å². The first-order chi connectivity index (χ1) is 33.4. The second kappa shape index (κ2) is 35.6. The largest absolute Gasteiger partial charge is 0.353 e. The van der Waals surface area contributed by atoms with Gasteiger partial charge >= 0.3 is 0 Å². The molecule has 0 aliphatic rings. The van der Waals surface area contributed by atoms with E-state index < -0.39 is 0 Å². The Hall–Kier alpha value is -4.79. The van der Waals surface area contributed by atoms with Gasteiger partial charge in [-0.3, -0.25) is 24.2 Å². The number of amides is 4. The van der Waals surface area contributed by atoms with Gasteiger partial charge < -0.3 is 21.3 Å². The Kier molecular flexibility index (Phi) is 36.4. The maximum atomic E-state index is 12.0. The van der Waals surface area contributed by atoms with Gasteiger partial charge in [0.1, 0.15) is 0 Å². The summed E-state index contributed by atoms with van der Waals surface area (Å²) in [4.78, 5) is 51.3. The smallest absolute Gasteiger partial charge is 0.253 e. The summed E-state index contributed by atoms with van der Waals surface area (Å²) in [5.41, 5.74) is 4.94. The molecule has 0 spiro atoms. The number of rotatable bonds is 16. The van der Waals surface area contributed by atoms with Gasteiger partial charge in [-0.1, -0.05) is 248 Å². The van der Waals surface area contributed by atoms with Crippen molar-refractivity contribution in [2.75, 3.05) is 26.2 Å². The molecule has 0 unspecified atom stereocenters. The van der Waals surface area contributed by atoms with Crippen LogP contribution in [0.2, 0.25) is 0 Å². The van der Waals surface area contributed by atoms with Gasteiger partial charge in [-0.05, 0) is 87.0 Å². The Morgan fingerprint density at radius 2 is 0.750 bits per heavy atom. The highest BCUT2D eigenvalue weighted by molar-refractivity contribution is 5.94. The normalized spacial score (nSPS) is 12.5. The lowest BCUT2D eigenvalue weighted by Gasteiger charge is -2.19.